The van der Waals surface area contributed by atoms with Gasteiger partial charge in [0.2, 0.25) is 0 Å². The number of carbonyl (C=O) groups is 1. The van der Waals surface area contributed by atoms with Crippen molar-refractivity contribution in [3.8, 4) is 0 Å². The van der Waals surface area contributed by atoms with Gasteiger partial charge < -0.3 is 10.2 Å². The number of amides is 1. The normalized spacial score (nSPS) is 19.6. The zero-order valence-electron chi connectivity index (χ0n) is 11.0. The lowest BCUT2D eigenvalue weighted by atomic mass is 10.1. The molecule has 3 nitrogen and oxygen atoms in total. The lowest BCUT2D eigenvalue weighted by Gasteiger charge is -2.19. The van der Waals surface area contributed by atoms with Crippen LogP contribution in [0.4, 0.5) is 8.78 Å². The number of hydrogen-bond donors (Lipinski definition) is 1. The predicted octanol–water partition coefficient (Wildman–Crippen LogP) is 2.18. The third-order valence-corrected chi connectivity index (χ3v) is 3.62. The van der Waals surface area contributed by atoms with E-state index in [1.165, 1.54) is 12.5 Å². The van der Waals surface area contributed by atoms with E-state index in [1.807, 2.05) is 0 Å². The van der Waals surface area contributed by atoms with E-state index in [1.54, 1.807) is 0 Å². The van der Waals surface area contributed by atoms with Gasteiger partial charge in [0.15, 0.2) is 11.6 Å². The van der Waals surface area contributed by atoms with E-state index in [-0.39, 0.29) is 11.5 Å². The molecule has 2 rings (SSSR count). The van der Waals surface area contributed by atoms with Crippen molar-refractivity contribution in [2.75, 3.05) is 20.1 Å². The SMILES string of the molecule is CN1CCCC1CCNC(=O)c1ccc(F)c(F)c1. The molecule has 1 N–H and O–H groups in total. The summed E-state index contributed by atoms with van der Waals surface area (Å²) in [6.45, 7) is 1.65. The maximum absolute atomic E-state index is 13.0. The van der Waals surface area contributed by atoms with Crippen LogP contribution in [0.5, 0.6) is 0 Å². The molecule has 1 aromatic rings. The van der Waals surface area contributed by atoms with Crippen molar-refractivity contribution in [3.63, 3.8) is 0 Å². The minimum Gasteiger partial charge on any atom is -0.352 e. The van der Waals surface area contributed by atoms with Crippen LogP contribution in [0.2, 0.25) is 0 Å². The Kier molecular flexibility index (Phi) is 4.47. The first-order valence-corrected chi connectivity index (χ1v) is 6.51. The molecular formula is C14H18F2N2O. The van der Waals surface area contributed by atoms with Crippen molar-refractivity contribution >= 4 is 5.91 Å². The van der Waals surface area contributed by atoms with Crippen LogP contribution in [0.3, 0.4) is 0 Å². The van der Waals surface area contributed by atoms with Crippen LogP contribution in [-0.2, 0) is 0 Å². The van der Waals surface area contributed by atoms with E-state index in [0.29, 0.717) is 12.6 Å². The van der Waals surface area contributed by atoms with Crippen LogP contribution >= 0.6 is 0 Å². The lowest BCUT2D eigenvalue weighted by molar-refractivity contribution is 0.0949. The molecule has 0 aromatic heterocycles. The fraction of sp³-hybridized carbons (Fsp3) is 0.500. The molecule has 1 atom stereocenters. The number of nitrogens with one attached hydrogen (secondary N) is 1. The van der Waals surface area contributed by atoms with Crippen molar-refractivity contribution in [3.05, 3.63) is 35.4 Å². The molecule has 0 aliphatic carbocycles. The fourth-order valence-electron chi connectivity index (χ4n) is 2.44. The number of benzene rings is 1. The van der Waals surface area contributed by atoms with Gasteiger partial charge in [-0.1, -0.05) is 0 Å². The number of nitrogens with zero attached hydrogens (tertiary/aromatic N) is 1. The smallest absolute Gasteiger partial charge is 0.251 e. The minimum atomic E-state index is -0.997. The molecule has 0 radical (unpaired) electrons. The highest BCUT2D eigenvalue weighted by molar-refractivity contribution is 5.94. The summed E-state index contributed by atoms with van der Waals surface area (Å²) in [4.78, 5) is 14.0. The Bertz CT molecular complexity index is 465. The second-order valence-electron chi connectivity index (χ2n) is 4.95. The number of carbonyl (C=O) groups excluding carboxylic acids is 1. The van der Waals surface area contributed by atoms with Crippen molar-refractivity contribution in [1.29, 1.82) is 0 Å². The fourth-order valence-corrected chi connectivity index (χ4v) is 2.44. The molecule has 104 valence electrons. The molecule has 1 amide bonds. The van der Waals surface area contributed by atoms with Crippen LogP contribution in [0.25, 0.3) is 0 Å². The van der Waals surface area contributed by atoms with E-state index in [4.69, 9.17) is 0 Å². The molecule has 1 aliphatic rings. The molecular weight excluding hydrogens is 250 g/mol. The zero-order chi connectivity index (χ0) is 13.8. The summed E-state index contributed by atoms with van der Waals surface area (Å²) in [5, 5.41) is 2.74. The number of rotatable bonds is 4. The maximum atomic E-state index is 13.0. The lowest BCUT2D eigenvalue weighted by Crippen LogP contribution is -2.31. The molecule has 0 bridgehead atoms. The van der Waals surface area contributed by atoms with Crippen LogP contribution in [0.1, 0.15) is 29.6 Å². The first kappa shape index (κ1) is 13.9. The Balaban J connectivity index is 1.82. The molecule has 19 heavy (non-hydrogen) atoms. The largest absolute Gasteiger partial charge is 0.352 e. The maximum Gasteiger partial charge on any atom is 0.251 e. The molecule has 1 aliphatic heterocycles. The second-order valence-corrected chi connectivity index (χ2v) is 4.95. The average molecular weight is 268 g/mol. The number of halogens is 2. The van der Waals surface area contributed by atoms with Gasteiger partial charge in [-0.3, -0.25) is 4.79 Å². The summed E-state index contributed by atoms with van der Waals surface area (Å²) in [6.07, 6.45) is 3.22. The van der Waals surface area contributed by atoms with Crippen molar-refractivity contribution in [1.82, 2.24) is 10.2 Å². The molecule has 1 heterocycles. The van der Waals surface area contributed by atoms with Gasteiger partial charge in [-0.15, -0.1) is 0 Å². The highest BCUT2D eigenvalue weighted by Gasteiger charge is 2.20. The highest BCUT2D eigenvalue weighted by Crippen LogP contribution is 2.17. The van der Waals surface area contributed by atoms with Gasteiger partial charge in [0.1, 0.15) is 0 Å². The Morgan fingerprint density at radius 3 is 2.84 bits per heavy atom. The Hall–Kier alpha value is -1.49. The van der Waals surface area contributed by atoms with Crippen molar-refractivity contribution in [2.45, 2.75) is 25.3 Å². The molecule has 1 unspecified atom stereocenters. The summed E-state index contributed by atoms with van der Waals surface area (Å²) in [5.41, 5.74) is 0.152. The quantitative estimate of drug-likeness (QED) is 0.907. The Morgan fingerprint density at radius 1 is 1.42 bits per heavy atom. The van der Waals surface area contributed by atoms with Gasteiger partial charge in [0, 0.05) is 18.2 Å². The molecule has 1 saturated heterocycles. The summed E-state index contributed by atoms with van der Waals surface area (Å²) < 4.78 is 25.7. The molecule has 1 aromatic carbocycles. The van der Waals surface area contributed by atoms with Gasteiger partial charge in [-0.25, -0.2) is 8.78 Å². The molecule has 0 spiro atoms. The van der Waals surface area contributed by atoms with E-state index >= 15 is 0 Å². The van der Waals surface area contributed by atoms with Crippen LogP contribution in [-0.4, -0.2) is 37.0 Å². The molecule has 0 saturated carbocycles. The predicted molar refractivity (Wildman–Crippen MR) is 69.0 cm³/mol. The van der Waals surface area contributed by atoms with Gasteiger partial charge in [-0.05, 0) is 51.1 Å². The van der Waals surface area contributed by atoms with Gasteiger partial charge in [0.05, 0.1) is 0 Å². The molecule has 5 heteroatoms. The third-order valence-electron chi connectivity index (χ3n) is 3.62. The second kappa shape index (κ2) is 6.10. The third kappa shape index (κ3) is 3.50. The van der Waals surface area contributed by atoms with E-state index in [0.717, 1.165) is 31.5 Å². The van der Waals surface area contributed by atoms with Gasteiger partial charge in [-0.2, -0.15) is 0 Å². The van der Waals surface area contributed by atoms with Crippen molar-refractivity contribution < 1.29 is 13.6 Å². The first-order chi connectivity index (χ1) is 9.08. The first-order valence-electron chi connectivity index (χ1n) is 6.51. The number of likely N-dealkylation sites (tertiary alicyclic amines) is 1. The summed E-state index contributed by atoms with van der Waals surface area (Å²) in [7, 11) is 2.08. The van der Waals surface area contributed by atoms with E-state index in [9.17, 15) is 13.6 Å². The summed E-state index contributed by atoms with van der Waals surface area (Å²) in [5.74, 6) is -2.30. The topological polar surface area (TPSA) is 32.3 Å². The summed E-state index contributed by atoms with van der Waals surface area (Å²) >= 11 is 0. The van der Waals surface area contributed by atoms with Gasteiger partial charge >= 0.3 is 0 Å². The minimum absolute atomic E-state index is 0.152. The van der Waals surface area contributed by atoms with E-state index < -0.39 is 11.6 Å². The van der Waals surface area contributed by atoms with Crippen LogP contribution in [0, 0.1) is 11.6 Å². The van der Waals surface area contributed by atoms with Crippen LogP contribution < -0.4 is 5.32 Å². The number of hydrogen-bond acceptors (Lipinski definition) is 2. The zero-order valence-corrected chi connectivity index (χ0v) is 11.0. The standard InChI is InChI=1S/C14H18F2N2O/c1-18-8-2-3-11(18)6-7-17-14(19)10-4-5-12(15)13(16)9-10/h4-5,9,11H,2-3,6-8H2,1H3,(H,17,19). The van der Waals surface area contributed by atoms with Crippen molar-refractivity contribution in [2.24, 2.45) is 0 Å². The monoisotopic (exact) mass is 268 g/mol. The molecule has 1 fully saturated rings. The van der Waals surface area contributed by atoms with Gasteiger partial charge in [0.25, 0.3) is 5.91 Å². The Morgan fingerprint density at radius 2 is 2.21 bits per heavy atom. The highest BCUT2D eigenvalue weighted by atomic mass is 19.2. The average Bonchev–Trinajstić information content (AvgIpc) is 2.78. The van der Waals surface area contributed by atoms with E-state index in [2.05, 4.69) is 17.3 Å². The Labute approximate surface area is 111 Å². The summed E-state index contributed by atoms with van der Waals surface area (Å²) in [6, 6.07) is 3.68. The van der Waals surface area contributed by atoms with Crippen LogP contribution in [0.15, 0.2) is 18.2 Å².